The van der Waals surface area contributed by atoms with E-state index in [4.69, 9.17) is 24.2 Å². The third-order valence-electron chi connectivity index (χ3n) is 2.71. The van der Waals surface area contributed by atoms with E-state index in [1.807, 2.05) is 11.8 Å². The van der Waals surface area contributed by atoms with Crippen LogP contribution in [0.2, 0.25) is 0 Å². The molecule has 0 spiro atoms. The molecular weight excluding hydrogens is 287 g/mol. The van der Waals surface area contributed by atoms with Gasteiger partial charge in [-0.25, -0.2) is 4.57 Å². The van der Waals surface area contributed by atoms with Gasteiger partial charge in [-0.05, 0) is 5.56 Å². The summed E-state index contributed by atoms with van der Waals surface area (Å²) in [6.45, 7) is 2.25. The topological polar surface area (TPSA) is 93.4 Å². The van der Waals surface area contributed by atoms with E-state index in [1.54, 1.807) is 0 Å². The van der Waals surface area contributed by atoms with E-state index >= 15 is 0 Å². The number of hydrogen-bond acceptors (Lipinski definition) is 4. The molecule has 1 fully saturated rings. The summed E-state index contributed by atoms with van der Waals surface area (Å²) < 4.78 is 8.88. The van der Waals surface area contributed by atoms with Crippen LogP contribution in [-0.4, -0.2) is 43.6 Å². The van der Waals surface area contributed by atoms with Crippen LogP contribution in [0.1, 0.15) is 11.6 Å². The molecule has 0 aliphatic carbocycles. The lowest BCUT2D eigenvalue weighted by Crippen LogP contribution is -2.21. The Morgan fingerprint density at radius 2 is 1.89 bits per heavy atom. The van der Waals surface area contributed by atoms with Gasteiger partial charge in [-0.15, -0.1) is 0 Å². The van der Waals surface area contributed by atoms with Crippen molar-refractivity contribution in [2.24, 2.45) is 4.99 Å². The number of nitrogens with zero attached hydrogens (tertiary/aromatic N) is 2. The second-order valence-electron chi connectivity index (χ2n) is 4.15. The van der Waals surface area contributed by atoms with Gasteiger partial charge in [0.05, 0.1) is 6.04 Å². The van der Waals surface area contributed by atoms with E-state index in [0.717, 1.165) is 6.54 Å². The van der Waals surface area contributed by atoms with Crippen molar-refractivity contribution in [1.82, 2.24) is 4.90 Å². The highest BCUT2D eigenvalue weighted by atomic mass is 32.2. The molecule has 0 saturated carbocycles. The number of benzene rings is 1. The number of hydrogen-bond donors (Lipinski definition) is 3. The Bertz CT molecular complexity index is 496. The van der Waals surface area contributed by atoms with Crippen LogP contribution in [-0.2, 0) is 4.57 Å². The van der Waals surface area contributed by atoms with E-state index in [-0.39, 0.29) is 0 Å². The Kier molecular flexibility index (Phi) is 4.65. The van der Waals surface area contributed by atoms with Gasteiger partial charge in [0, 0.05) is 18.8 Å². The lowest BCUT2D eigenvalue weighted by atomic mass is 10.1. The lowest BCUT2D eigenvalue weighted by Gasteiger charge is -2.12. The number of amidine groups is 1. The Morgan fingerprint density at radius 1 is 1.26 bits per heavy atom. The first kappa shape index (κ1) is 14.6. The molecule has 0 aromatic heterocycles. The van der Waals surface area contributed by atoms with Crippen molar-refractivity contribution < 1.29 is 19.2 Å². The maximum atomic E-state index is 8.88. The molecule has 19 heavy (non-hydrogen) atoms. The fraction of sp³-hybridized carbons (Fsp3) is 0.364. The second kappa shape index (κ2) is 6.07. The minimum atomic E-state index is -4.64. The van der Waals surface area contributed by atoms with E-state index in [2.05, 4.69) is 35.2 Å². The average Bonchev–Trinajstić information content (AvgIpc) is 2.87. The molecule has 1 atom stereocenters. The van der Waals surface area contributed by atoms with E-state index in [1.165, 1.54) is 23.0 Å². The molecule has 3 N–H and O–H groups in total. The summed E-state index contributed by atoms with van der Waals surface area (Å²) in [5.74, 6) is 1.21. The van der Waals surface area contributed by atoms with Crippen LogP contribution in [0.5, 0.6) is 0 Å². The van der Waals surface area contributed by atoms with Crippen LogP contribution >= 0.6 is 19.6 Å². The molecule has 2 heterocycles. The molecule has 6 nitrogen and oxygen atoms in total. The first-order valence-electron chi connectivity index (χ1n) is 5.72. The van der Waals surface area contributed by atoms with Crippen molar-refractivity contribution in [3.8, 4) is 0 Å². The van der Waals surface area contributed by atoms with Gasteiger partial charge in [-0.1, -0.05) is 42.1 Å². The summed E-state index contributed by atoms with van der Waals surface area (Å²) in [6.07, 6.45) is 0. The minimum Gasteiger partial charge on any atom is -0.348 e. The molecule has 3 rings (SSSR count). The van der Waals surface area contributed by atoms with Crippen LogP contribution in [0.15, 0.2) is 35.3 Å². The largest absolute Gasteiger partial charge is 0.466 e. The number of rotatable bonds is 1. The Morgan fingerprint density at radius 3 is 2.47 bits per heavy atom. The normalized spacial score (nSPS) is 21.5. The number of phosphoric acid groups is 1. The fourth-order valence-corrected chi connectivity index (χ4v) is 3.00. The Hall–Kier alpha value is -0.850. The predicted molar refractivity (Wildman–Crippen MR) is 74.9 cm³/mol. The SMILES string of the molecule is O=P(O)(O)O.c1ccc(C2CN3CCSC3=N2)cc1. The molecular formula is C11H15N2O4PS. The predicted octanol–water partition coefficient (Wildman–Crippen LogP) is 1.22. The third kappa shape index (κ3) is 4.63. The monoisotopic (exact) mass is 302 g/mol. The molecule has 0 radical (unpaired) electrons. The molecule has 1 aromatic rings. The fourth-order valence-electron chi connectivity index (χ4n) is 1.96. The highest BCUT2D eigenvalue weighted by Gasteiger charge is 2.29. The zero-order valence-electron chi connectivity index (χ0n) is 10.1. The van der Waals surface area contributed by atoms with Crippen LogP contribution in [0.4, 0.5) is 0 Å². The van der Waals surface area contributed by atoms with Gasteiger partial charge >= 0.3 is 7.82 Å². The van der Waals surface area contributed by atoms with Crippen molar-refractivity contribution >= 4 is 24.8 Å². The zero-order chi connectivity index (χ0) is 13.9. The van der Waals surface area contributed by atoms with Gasteiger partial charge in [-0.3, -0.25) is 4.99 Å². The van der Waals surface area contributed by atoms with Crippen molar-refractivity contribution in [2.45, 2.75) is 6.04 Å². The maximum absolute atomic E-state index is 8.88. The van der Waals surface area contributed by atoms with Crippen molar-refractivity contribution in [1.29, 1.82) is 0 Å². The summed E-state index contributed by atoms with van der Waals surface area (Å²) in [5.41, 5.74) is 1.34. The Labute approximate surface area is 115 Å². The summed E-state index contributed by atoms with van der Waals surface area (Å²) in [5, 5.41) is 1.25. The molecule has 8 heteroatoms. The van der Waals surface area contributed by atoms with Crippen LogP contribution < -0.4 is 0 Å². The van der Waals surface area contributed by atoms with Crippen LogP contribution in [0.3, 0.4) is 0 Å². The number of aliphatic imine (C=N–C) groups is 1. The van der Waals surface area contributed by atoms with Gasteiger partial charge in [0.15, 0.2) is 5.17 Å². The van der Waals surface area contributed by atoms with Gasteiger partial charge in [0.25, 0.3) is 0 Å². The first-order chi connectivity index (χ1) is 8.93. The molecule has 2 aliphatic heterocycles. The van der Waals surface area contributed by atoms with E-state index in [0.29, 0.717) is 6.04 Å². The highest BCUT2D eigenvalue weighted by Crippen LogP contribution is 2.31. The van der Waals surface area contributed by atoms with Crippen molar-refractivity contribution in [2.75, 3.05) is 18.8 Å². The molecule has 1 unspecified atom stereocenters. The van der Waals surface area contributed by atoms with Crippen LogP contribution in [0, 0.1) is 0 Å². The molecule has 1 saturated heterocycles. The highest BCUT2D eigenvalue weighted by molar-refractivity contribution is 8.14. The Balaban J connectivity index is 0.000000232. The van der Waals surface area contributed by atoms with Crippen LogP contribution in [0.25, 0.3) is 0 Å². The van der Waals surface area contributed by atoms with Gasteiger partial charge in [0.1, 0.15) is 0 Å². The van der Waals surface area contributed by atoms with Gasteiger partial charge in [0.2, 0.25) is 0 Å². The first-order valence-corrected chi connectivity index (χ1v) is 8.27. The minimum absolute atomic E-state index is 0.374. The lowest BCUT2D eigenvalue weighted by molar-refractivity contribution is 0.275. The molecule has 104 valence electrons. The summed E-state index contributed by atoms with van der Waals surface area (Å²) in [6, 6.07) is 10.9. The standard InChI is InChI=1S/C11H12N2S.H3O4P/c1-2-4-9(5-3-1)10-8-13-6-7-14-11(13)12-10;1-5(2,3)4/h1-5,10H,6-8H2;(H3,1,2,3,4). The average molecular weight is 302 g/mol. The molecule has 0 bridgehead atoms. The van der Waals surface area contributed by atoms with E-state index in [9.17, 15) is 0 Å². The number of thioether (sulfide) groups is 1. The quantitative estimate of drug-likeness (QED) is 0.675. The van der Waals surface area contributed by atoms with Gasteiger partial charge in [-0.2, -0.15) is 0 Å². The third-order valence-corrected chi connectivity index (χ3v) is 3.72. The molecule has 0 amide bonds. The summed E-state index contributed by atoms with van der Waals surface area (Å²) in [4.78, 5) is 28.7. The smallest absolute Gasteiger partial charge is 0.348 e. The van der Waals surface area contributed by atoms with Gasteiger partial charge < -0.3 is 19.6 Å². The van der Waals surface area contributed by atoms with Crippen molar-refractivity contribution in [3.05, 3.63) is 35.9 Å². The number of fused-ring (bicyclic) bond motifs is 1. The molecule has 2 aliphatic rings. The molecule has 1 aromatic carbocycles. The van der Waals surface area contributed by atoms with E-state index < -0.39 is 7.82 Å². The maximum Gasteiger partial charge on any atom is 0.466 e. The second-order valence-corrected chi connectivity index (χ2v) is 6.23. The summed E-state index contributed by atoms with van der Waals surface area (Å²) in [7, 11) is -4.64. The summed E-state index contributed by atoms with van der Waals surface area (Å²) >= 11 is 1.89. The zero-order valence-corrected chi connectivity index (χ0v) is 11.8. The van der Waals surface area contributed by atoms with Crippen molar-refractivity contribution in [3.63, 3.8) is 0 Å².